The number of ether oxygens (including phenoxy) is 1. The van der Waals surface area contributed by atoms with Crippen LogP contribution >= 0.6 is 0 Å². The summed E-state index contributed by atoms with van der Waals surface area (Å²) in [5.74, 6) is 0.124. The molecule has 1 N–H and O–H groups in total. The highest BCUT2D eigenvalue weighted by molar-refractivity contribution is 5.66. The zero-order chi connectivity index (χ0) is 12.0. The summed E-state index contributed by atoms with van der Waals surface area (Å²) in [4.78, 5) is 10.3. The van der Waals surface area contributed by atoms with Crippen LogP contribution in [0.25, 0.3) is 0 Å². The van der Waals surface area contributed by atoms with Gasteiger partial charge in [0.2, 0.25) is 0 Å². The third kappa shape index (κ3) is 4.82. The molecule has 3 nitrogen and oxygen atoms in total. The van der Waals surface area contributed by atoms with E-state index in [9.17, 15) is 4.79 Å². The largest absolute Gasteiger partial charge is 0.494 e. The molecule has 88 valence electrons. The van der Waals surface area contributed by atoms with Crippen molar-refractivity contribution < 1.29 is 14.6 Å². The summed E-state index contributed by atoms with van der Waals surface area (Å²) in [7, 11) is 0. The molecule has 3 heteroatoms. The van der Waals surface area contributed by atoms with Crippen molar-refractivity contribution in [1.82, 2.24) is 0 Å². The molecular weight excluding hydrogens is 204 g/mol. The molecule has 0 amide bonds. The molecule has 1 aromatic rings. The second-order valence-corrected chi connectivity index (χ2v) is 4.02. The van der Waals surface area contributed by atoms with E-state index in [0.717, 1.165) is 12.2 Å². The number of hydrogen-bond donors (Lipinski definition) is 1. The lowest BCUT2D eigenvalue weighted by Gasteiger charge is -2.07. The van der Waals surface area contributed by atoms with Crippen LogP contribution < -0.4 is 4.74 Å². The van der Waals surface area contributed by atoms with Gasteiger partial charge in [0, 0.05) is 6.42 Å². The van der Waals surface area contributed by atoms with Gasteiger partial charge in [-0.05, 0) is 49.9 Å². The van der Waals surface area contributed by atoms with Crippen LogP contribution in [0.15, 0.2) is 18.2 Å². The molecule has 0 radical (unpaired) electrons. The molecule has 0 saturated carbocycles. The summed E-state index contributed by atoms with van der Waals surface area (Å²) in [6, 6.07) is 6.08. The average molecular weight is 222 g/mol. The molecule has 16 heavy (non-hydrogen) atoms. The molecule has 0 fully saturated rings. The number of carbonyl (C=O) groups is 1. The van der Waals surface area contributed by atoms with Crippen LogP contribution in [-0.2, 0) is 4.79 Å². The van der Waals surface area contributed by atoms with Gasteiger partial charge in [0.25, 0.3) is 0 Å². The number of carboxylic acids is 1. The molecule has 0 heterocycles. The first-order valence-corrected chi connectivity index (χ1v) is 5.51. The Bertz CT molecular complexity index is 338. The lowest BCUT2D eigenvalue weighted by atomic mass is 10.1. The number of unbranched alkanes of at least 4 members (excludes halogenated alkanes) is 1. The molecule has 1 rings (SSSR count). The first-order valence-electron chi connectivity index (χ1n) is 5.51. The van der Waals surface area contributed by atoms with E-state index in [4.69, 9.17) is 9.84 Å². The van der Waals surface area contributed by atoms with E-state index >= 15 is 0 Å². The van der Waals surface area contributed by atoms with Crippen molar-refractivity contribution in [2.24, 2.45) is 0 Å². The maximum absolute atomic E-state index is 10.3. The maximum Gasteiger partial charge on any atom is 0.303 e. The fraction of sp³-hybridized carbons (Fsp3) is 0.462. The van der Waals surface area contributed by atoms with Crippen LogP contribution in [0.2, 0.25) is 0 Å². The number of aliphatic carboxylic acids is 1. The van der Waals surface area contributed by atoms with E-state index in [1.165, 1.54) is 11.1 Å². The summed E-state index contributed by atoms with van der Waals surface area (Å²) < 4.78 is 5.56. The van der Waals surface area contributed by atoms with Crippen LogP contribution in [0.1, 0.15) is 30.4 Å². The first-order chi connectivity index (χ1) is 7.58. The van der Waals surface area contributed by atoms with E-state index in [2.05, 4.69) is 6.07 Å². The maximum atomic E-state index is 10.3. The molecule has 0 aliphatic heterocycles. The monoisotopic (exact) mass is 222 g/mol. The summed E-state index contributed by atoms with van der Waals surface area (Å²) in [6.07, 6.45) is 1.66. The molecule has 0 aromatic heterocycles. The number of benzene rings is 1. The minimum Gasteiger partial charge on any atom is -0.494 e. The van der Waals surface area contributed by atoms with E-state index < -0.39 is 5.97 Å². The minimum atomic E-state index is -0.744. The lowest BCUT2D eigenvalue weighted by Crippen LogP contribution is -2.00. The van der Waals surface area contributed by atoms with E-state index in [0.29, 0.717) is 13.0 Å². The quantitative estimate of drug-likeness (QED) is 0.753. The van der Waals surface area contributed by atoms with E-state index in [1.807, 2.05) is 26.0 Å². The second-order valence-electron chi connectivity index (χ2n) is 4.02. The third-order valence-corrected chi connectivity index (χ3v) is 2.25. The highest BCUT2D eigenvalue weighted by atomic mass is 16.5. The third-order valence-electron chi connectivity index (χ3n) is 2.25. The molecule has 0 atom stereocenters. The molecule has 0 spiro atoms. The van der Waals surface area contributed by atoms with Gasteiger partial charge in [0.15, 0.2) is 0 Å². The fourth-order valence-corrected chi connectivity index (χ4v) is 1.58. The molecule has 0 unspecified atom stereocenters. The summed E-state index contributed by atoms with van der Waals surface area (Å²) in [5, 5.41) is 8.46. The van der Waals surface area contributed by atoms with Gasteiger partial charge >= 0.3 is 5.97 Å². The number of rotatable bonds is 6. The van der Waals surface area contributed by atoms with Crippen LogP contribution in [0.3, 0.4) is 0 Å². The molecule has 0 aliphatic carbocycles. The number of aryl methyl sites for hydroxylation is 2. The van der Waals surface area contributed by atoms with Gasteiger partial charge in [-0.25, -0.2) is 0 Å². The van der Waals surface area contributed by atoms with Crippen molar-refractivity contribution in [3.05, 3.63) is 29.3 Å². The zero-order valence-corrected chi connectivity index (χ0v) is 9.82. The average Bonchev–Trinajstić information content (AvgIpc) is 2.15. The summed E-state index contributed by atoms with van der Waals surface area (Å²) >= 11 is 0. The van der Waals surface area contributed by atoms with Crippen molar-refractivity contribution in [1.29, 1.82) is 0 Å². The standard InChI is InChI=1S/C13H18O3/c1-10-7-11(2)9-12(8-10)16-6-4-3-5-13(14)15/h7-9H,3-6H2,1-2H3,(H,14,15). The van der Waals surface area contributed by atoms with Crippen molar-refractivity contribution >= 4 is 5.97 Å². The topological polar surface area (TPSA) is 46.5 Å². The van der Waals surface area contributed by atoms with Gasteiger partial charge in [-0.3, -0.25) is 4.79 Å². The van der Waals surface area contributed by atoms with E-state index in [-0.39, 0.29) is 6.42 Å². The molecule has 0 saturated heterocycles. The van der Waals surface area contributed by atoms with Gasteiger partial charge in [0.1, 0.15) is 5.75 Å². The molecule has 1 aromatic carbocycles. The van der Waals surface area contributed by atoms with Crippen LogP contribution in [-0.4, -0.2) is 17.7 Å². The molecule has 0 aliphatic rings. The lowest BCUT2D eigenvalue weighted by molar-refractivity contribution is -0.137. The van der Waals surface area contributed by atoms with Crippen LogP contribution in [0.5, 0.6) is 5.75 Å². The molecular formula is C13H18O3. The van der Waals surface area contributed by atoms with Crippen LogP contribution in [0, 0.1) is 13.8 Å². The predicted molar refractivity (Wildman–Crippen MR) is 62.9 cm³/mol. The predicted octanol–water partition coefficient (Wildman–Crippen LogP) is 2.94. The Morgan fingerprint density at radius 2 is 1.81 bits per heavy atom. The van der Waals surface area contributed by atoms with Gasteiger partial charge in [-0.1, -0.05) is 6.07 Å². The van der Waals surface area contributed by atoms with Gasteiger partial charge < -0.3 is 9.84 Å². The second kappa shape index (κ2) is 6.16. The van der Waals surface area contributed by atoms with Crippen molar-refractivity contribution in [3.63, 3.8) is 0 Å². The highest BCUT2D eigenvalue weighted by Crippen LogP contribution is 2.16. The summed E-state index contributed by atoms with van der Waals surface area (Å²) in [6.45, 7) is 4.64. The Morgan fingerprint density at radius 1 is 1.19 bits per heavy atom. The van der Waals surface area contributed by atoms with Gasteiger partial charge in [-0.2, -0.15) is 0 Å². The molecule has 0 bridgehead atoms. The zero-order valence-electron chi connectivity index (χ0n) is 9.82. The Kier molecular flexibility index (Phi) is 4.83. The Morgan fingerprint density at radius 3 is 2.38 bits per heavy atom. The Hall–Kier alpha value is -1.51. The SMILES string of the molecule is Cc1cc(C)cc(OCCCCC(=O)O)c1. The van der Waals surface area contributed by atoms with Gasteiger partial charge in [0.05, 0.1) is 6.61 Å². The van der Waals surface area contributed by atoms with Crippen molar-refractivity contribution in [3.8, 4) is 5.75 Å². The smallest absolute Gasteiger partial charge is 0.303 e. The van der Waals surface area contributed by atoms with Crippen molar-refractivity contribution in [2.45, 2.75) is 33.1 Å². The Balaban J connectivity index is 2.29. The first kappa shape index (κ1) is 12.6. The fourth-order valence-electron chi connectivity index (χ4n) is 1.58. The summed E-state index contributed by atoms with van der Waals surface area (Å²) in [5.41, 5.74) is 2.36. The van der Waals surface area contributed by atoms with Gasteiger partial charge in [-0.15, -0.1) is 0 Å². The minimum absolute atomic E-state index is 0.218. The van der Waals surface area contributed by atoms with Crippen LogP contribution in [0.4, 0.5) is 0 Å². The highest BCUT2D eigenvalue weighted by Gasteiger charge is 1.99. The number of hydrogen-bond acceptors (Lipinski definition) is 2. The Labute approximate surface area is 96.1 Å². The number of carboxylic acid groups (broad SMARTS) is 1. The van der Waals surface area contributed by atoms with E-state index in [1.54, 1.807) is 0 Å². The normalized spacial score (nSPS) is 10.1. The van der Waals surface area contributed by atoms with Crippen molar-refractivity contribution in [2.75, 3.05) is 6.61 Å².